The second kappa shape index (κ2) is 3.87. The van der Waals surface area contributed by atoms with Crippen LogP contribution >= 0.6 is 0 Å². The molecule has 1 aromatic rings. The van der Waals surface area contributed by atoms with Crippen LogP contribution in [0.3, 0.4) is 0 Å². The van der Waals surface area contributed by atoms with E-state index in [1.54, 1.807) is 0 Å². The molecule has 0 fully saturated rings. The van der Waals surface area contributed by atoms with Gasteiger partial charge in [0, 0.05) is 0 Å². The summed E-state index contributed by atoms with van der Waals surface area (Å²) >= 11 is 0. The molecule has 15 heavy (non-hydrogen) atoms. The normalized spacial score (nSPS) is 12.5. The largest absolute Gasteiger partial charge is 0.504 e. The van der Waals surface area contributed by atoms with E-state index in [1.165, 1.54) is 0 Å². The van der Waals surface area contributed by atoms with Crippen LogP contribution in [0.1, 0.15) is 46.0 Å². The molecule has 0 unspecified atom stereocenters. The summed E-state index contributed by atoms with van der Waals surface area (Å²) in [5.74, 6) is 0.881. The van der Waals surface area contributed by atoms with E-state index in [9.17, 15) is 5.11 Å². The number of aryl methyl sites for hydroxylation is 1. The van der Waals surface area contributed by atoms with E-state index in [0.29, 0.717) is 11.7 Å². The smallest absolute Gasteiger partial charge is 0.159 e. The number of hydrogen-bond acceptors (Lipinski definition) is 2. The maximum absolute atomic E-state index is 9.95. The van der Waals surface area contributed by atoms with Gasteiger partial charge in [0.1, 0.15) is 5.69 Å². The van der Waals surface area contributed by atoms with Crippen molar-refractivity contribution in [3.63, 3.8) is 0 Å². The first-order valence-corrected chi connectivity index (χ1v) is 5.51. The van der Waals surface area contributed by atoms with Gasteiger partial charge in [-0.25, -0.2) is 0 Å². The van der Waals surface area contributed by atoms with Gasteiger partial charge in [-0.05, 0) is 40.0 Å². The molecule has 86 valence electrons. The molecular weight excluding hydrogens is 188 g/mol. The third-order valence-electron chi connectivity index (χ3n) is 2.36. The van der Waals surface area contributed by atoms with Gasteiger partial charge >= 0.3 is 0 Å². The van der Waals surface area contributed by atoms with Crippen LogP contribution in [0, 0.1) is 12.8 Å². The molecule has 1 heterocycles. The standard InChI is InChI=1S/C12H22N2O/c1-8(2)7-10-11(15)9(3)13-14(10)12(4,5)6/h8,15H,7H2,1-6H3. The van der Waals surface area contributed by atoms with Gasteiger partial charge in [-0.1, -0.05) is 13.8 Å². The lowest BCUT2D eigenvalue weighted by Gasteiger charge is -2.23. The van der Waals surface area contributed by atoms with Crippen LogP contribution in [-0.4, -0.2) is 14.9 Å². The fraction of sp³-hybridized carbons (Fsp3) is 0.750. The van der Waals surface area contributed by atoms with E-state index in [-0.39, 0.29) is 5.54 Å². The molecule has 1 N–H and O–H groups in total. The van der Waals surface area contributed by atoms with Crippen molar-refractivity contribution < 1.29 is 5.11 Å². The molecular formula is C12H22N2O. The average Bonchev–Trinajstić information content (AvgIpc) is 2.30. The van der Waals surface area contributed by atoms with Crippen molar-refractivity contribution in [1.82, 2.24) is 9.78 Å². The minimum absolute atomic E-state index is 0.0734. The van der Waals surface area contributed by atoms with Crippen molar-refractivity contribution in [3.05, 3.63) is 11.4 Å². The van der Waals surface area contributed by atoms with Crippen molar-refractivity contribution in [2.75, 3.05) is 0 Å². The molecule has 0 aliphatic carbocycles. The van der Waals surface area contributed by atoms with Crippen LogP contribution in [0.15, 0.2) is 0 Å². The van der Waals surface area contributed by atoms with E-state index in [0.717, 1.165) is 17.8 Å². The fourth-order valence-corrected chi connectivity index (χ4v) is 1.69. The summed E-state index contributed by atoms with van der Waals surface area (Å²) in [6.07, 6.45) is 0.865. The first-order chi connectivity index (χ1) is 6.73. The van der Waals surface area contributed by atoms with Crippen LogP contribution in [0.4, 0.5) is 0 Å². The van der Waals surface area contributed by atoms with Gasteiger partial charge in [-0.2, -0.15) is 5.10 Å². The Kier molecular flexibility index (Phi) is 3.12. The highest BCUT2D eigenvalue weighted by atomic mass is 16.3. The monoisotopic (exact) mass is 210 g/mol. The SMILES string of the molecule is Cc1nn(C(C)(C)C)c(CC(C)C)c1O. The zero-order valence-electron chi connectivity index (χ0n) is 10.6. The summed E-state index contributed by atoms with van der Waals surface area (Å²) in [4.78, 5) is 0. The zero-order valence-corrected chi connectivity index (χ0v) is 10.6. The number of rotatable bonds is 2. The van der Waals surface area contributed by atoms with Crippen LogP contribution in [-0.2, 0) is 12.0 Å². The number of nitrogens with zero attached hydrogens (tertiary/aromatic N) is 2. The summed E-state index contributed by atoms with van der Waals surface area (Å²) in [7, 11) is 0. The maximum atomic E-state index is 9.95. The first-order valence-electron chi connectivity index (χ1n) is 5.51. The fourth-order valence-electron chi connectivity index (χ4n) is 1.69. The molecule has 1 aromatic heterocycles. The Balaban J connectivity index is 3.21. The molecule has 0 saturated carbocycles. The highest BCUT2D eigenvalue weighted by Gasteiger charge is 2.23. The van der Waals surface area contributed by atoms with Gasteiger partial charge in [-0.3, -0.25) is 4.68 Å². The predicted molar refractivity (Wildman–Crippen MR) is 62.2 cm³/mol. The highest BCUT2D eigenvalue weighted by molar-refractivity contribution is 5.32. The molecule has 0 aliphatic heterocycles. The molecule has 0 aromatic carbocycles. The lowest BCUT2D eigenvalue weighted by molar-refractivity contribution is 0.333. The Morgan fingerprint density at radius 1 is 1.33 bits per heavy atom. The third kappa shape index (κ3) is 2.52. The van der Waals surface area contributed by atoms with Gasteiger partial charge in [0.25, 0.3) is 0 Å². The lowest BCUT2D eigenvalue weighted by atomic mass is 10.0. The van der Waals surface area contributed by atoms with E-state index in [1.807, 2.05) is 11.6 Å². The Hall–Kier alpha value is -0.990. The Morgan fingerprint density at radius 2 is 1.87 bits per heavy atom. The van der Waals surface area contributed by atoms with Crippen molar-refractivity contribution in [2.24, 2.45) is 5.92 Å². The molecule has 0 saturated heterocycles. The van der Waals surface area contributed by atoms with Gasteiger partial charge in [0.05, 0.1) is 11.2 Å². The van der Waals surface area contributed by atoms with Gasteiger partial charge in [-0.15, -0.1) is 0 Å². The summed E-state index contributed by atoms with van der Waals surface area (Å²) in [5.41, 5.74) is 1.60. The number of hydrogen-bond donors (Lipinski definition) is 1. The lowest BCUT2D eigenvalue weighted by Crippen LogP contribution is -2.26. The number of aromatic hydroxyl groups is 1. The Morgan fingerprint density at radius 3 is 2.27 bits per heavy atom. The molecule has 0 bridgehead atoms. The Bertz CT molecular complexity index is 345. The summed E-state index contributed by atoms with van der Waals surface area (Å²) in [6, 6.07) is 0. The van der Waals surface area contributed by atoms with Gasteiger partial charge in [0.2, 0.25) is 0 Å². The van der Waals surface area contributed by atoms with Gasteiger partial charge in [0.15, 0.2) is 5.75 Å². The van der Waals surface area contributed by atoms with Crippen molar-refractivity contribution in [1.29, 1.82) is 0 Å². The van der Waals surface area contributed by atoms with Crippen LogP contribution in [0.25, 0.3) is 0 Å². The van der Waals surface area contributed by atoms with E-state index in [4.69, 9.17) is 0 Å². The predicted octanol–water partition coefficient (Wildman–Crippen LogP) is 2.85. The summed E-state index contributed by atoms with van der Waals surface area (Å²) < 4.78 is 1.94. The maximum Gasteiger partial charge on any atom is 0.159 e. The van der Waals surface area contributed by atoms with Crippen LogP contribution < -0.4 is 0 Å². The topological polar surface area (TPSA) is 38.0 Å². The molecule has 3 heteroatoms. The van der Waals surface area contributed by atoms with Crippen LogP contribution in [0.5, 0.6) is 5.75 Å². The third-order valence-corrected chi connectivity index (χ3v) is 2.36. The highest BCUT2D eigenvalue weighted by Crippen LogP contribution is 2.28. The quantitative estimate of drug-likeness (QED) is 0.815. The van der Waals surface area contributed by atoms with E-state index < -0.39 is 0 Å². The molecule has 0 spiro atoms. The van der Waals surface area contributed by atoms with E-state index >= 15 is 0 Å². The second-order valence-corrected chi connectivity index (χ2v) is 5.56. The van der Waals surface area contributed by atoms with E-state index in [2.05, 4.69) is 39.7 Å². The summed E-state index contributed by atoms with van der Waals surface area (Å²) in [6.45, 7) is 12.4. The zero-order chi connectivity index (χ0) is 11.8. The first kappa shape index (κ1) is 12.1. The molecule has 0 amide bonds. The minimum Gasteiger partial charge on any atom is -0.504 e. The summed E-state index contributed by atoms with van der Waals surface area (Å²) in [5, 5.41) is 14.3. The molecule has 0 aliphatic rings. The van der Waals surface area contributed by atoms with Crippen molar-refractivity contribution >= 4 is 0 Å². The molecule has 1 rings (SSSR count). The van der Waals surface area contributed by atoms with Crippen molar-refractivity contribution in [2.45, 2.75) is 53.5 Å². The van der Waals surface area contributed by atoms with Crippen molar-refractivity contribution in [3.8, 4) is 5.75 Å². The molecule has 0 radical (unpaired) electrons. The molecule has 0 atom stereocenters. The van der Waals surface area contributed by atoms with Gasteiger partial charge < -0.3 is 5.11 Å². The van der Waals surface area contributed by atoms with Crippen LogP contribution in [0.2, 0.25) is 0 Å². The average molecular weight is 210 g/mol. The Labute approximate surface area is 92.1 Å². The number of aromatic nitrogens is 2. The molecule has 3 nitrogen and oxygen atoms in total. The second-order valence-electron chi connectivity index (χ2n) is 5.56. The minimum atomic E-state index is -0.0734.